The number of benzene rings is 1. The van der Waals surface area contributed by atoms with Crippen LogP contribution >= 0.6 is 0 Å². The molecule has 1 aromatic heterocycles. The lowest BCUT2D eigenvalue weighted by Crippen LogP contribution is -2.25. The van der Waals surface area contributed by atoms with Crippen LogP contribution in [0.25, 0.3) is 0 Å². The molecule has 0 aliphatic heterocycles. The lowest BCUT2D eigenvalue weighted by Gasteiger charge is -2.13. The van der Waals surface area contributed by atoms with Crippen molar-refractivity contribution < 1.29 is 27.1 Å². The van der Waals surface area contributed by atoms with Crippen LogP contribution in [0.2, 0.25) is 0 Å². The molecule has 0 unspecified atom stereocenters. The summed E-state index contributed by atoms with van der Waals surface area (Å²) in [7, 11) is 0. The molecular formula is C16H15F3N2O3. The number of aryl methyl sites for hydroxylation is 1. The molecule has 128 valence electrons. The maximum atomic E-state index is 12.5. The van der Waals surface area contributed by atoms with Crippen molar-refractivity contribution in [3.63, 3.8) is 0 Å². The van der Waals surface area contributed by atoms with Gasteiger partial charge in [-0.05, 0) is 30.9 Å². The van der Waals surface area contributed by atoms with Gasteiger partial charge in [-0.2, -0.15) is 0 Å². The summed E-state index contributed by atoms with van der Waals surface area (Å²) in [6.07, 6.45) is -2.98. The second-order valence-corrected chi connectivity index (χ2v) is 5.61. The van der Waals surface area contributed by atoms with Gasteiger partial charge in [-0.3, -0.25) is 4.79 Å². The number of ether oxygens (including phenoxy) is 1. The number of nitrogens with one attached hydrogen (secondary N) is 1. The highest BCUT2D eigenvalue weighted by atomic mass is 19.4. The number of carbonyl (C=O) groups excluding carboxylic acids is 1. The first-order valence-corrected chi connectivity index (χ1v) is 7.36. The fraction of sp³-hybridized carbons (Fsp3) is 0.375. The Labute approximate surface area is 135 Å². The first-order chi connectivity index (χ1) is 11.3. The van der Waals surface area contributed by atoms with Crippen molar-refractivity contribution in [1.82, 2.24) is 10.3 Å². The van der Waals surface area contributed by atoms with E-state index in [9.17, 15) is 18.0 Å². The standard InChI is InChI=1S/C16H15F3N2O3/c1-9-13(21-8-23-9)7-20-15(22)12-6-11(12)10-4-2-3-5-14(10)24-16(17,18)19/h2-5,8,11-12H,6-7H2,1H3,(H,20,22)/t11-,12-/m0/s1. The van der Waals surface area contributed by atoms with Crippen molar-refractivity contribution in [2.75, 3.05) is 0 Å². The van der Waals surface area contributed by atoms with Crippen LogP contribution in [-0.2, 0) is 11.3 Å². The molecule has 0 radical (unpaired) electrons. The smallest absolute Gasteiger partial charge is 0.448 e. The third-order valence-electron chi connectivity index (χ3n) is 3.95. The number of hydrogen-bond acceptors (Lipinski definition) is 4. The lowest BCUT2D eigenvalue weighted by atomic mass is 10.1. The van der Waals surface area contributed by atoms with E-state index in [-0.39, 0.29) is 30.0 Å². The molecular weight excluding hydrogens is 325 g/mol. The van der Waals surface area contributed by atoms with Gasteiger partial charge in [0.15, 0.2) is 6.39 Å². The highest BCUT2D eigenvalue weighted by Crippen LogP contribution is 2.51. The molecule has 0 saturated heterocycles. The molecule has 1 aliphatic carbocycles. The van der Waals surface area contributed by atoms with Gasteiger partial charge in [0, 0.05) is 5.92 Å². The molecule has 1 saturated carbocycles. The maximum Gasteiger partial charge on any atom is 0.573 e. The monoisotopic (exact) mass is 340 g/mol. The number of halogens is 3. The Morgan fingerprint density at radius 1 is 1.42 bits per heavy atom. The molecule has 0 spiro atoms. The molecule has 2 atom stereocenters. The number of amides is 1. The van der Waals surface area contributed by atoms with Crippen molar-refractivity contribution in [2.24, 2.45) is 5.92 Å². The molecule has 24 heavy (non-hydrogen) atoms. The Hall–Kier alpha value is -2.51. The van der Waals surface area contributed by atoms with E-state index in [1.54, 1.807) is 19.1 Å². The Balaban J connectivity index is 1.63. The van der Waals surface area contributed by atoms with E-state index in [1.165, 1.54) is 18.5 Å². The van der Waals surface area contributed by atoms with Crippen molar-refractivity contribution in [1.29, 1.82) is 0 Å². The zero-order valence-electron chi connectivity index (χ0n) is 12.8. The fourth-order valence-electron chi connectivity index (χ4n) is 2.63. The molecule has 2 aromatic rings. The van der Waals surface area contributed by atoms with Crippen molar-refractivity contribution in [3.8, 4) is 5.75 Å². The lowest BCUT2D eigenvalue weighted by molar-refractivity contribution is -0.274. The first kappa shape index (κ1) is 16.4. The summed E-state index contributed by atoms with van der Waals surface area (Å²) in [4.78, 5) is 16.1. The van der Waals surface area contributed by atoms with Crippen molar-refractivity contribution >= 4 is 5.91 Å². The number of para-hydroxylation sites is 1. The van der Waals surface area contributed by atoms with Crippen LogP contribution in [0.3, 0.4) is 0 Å². The Morgan fingerprint density at radius 3 is 2.83 bits per heavy atom. The van der Waals surface area contributed by atoms with E-state index < -0.39 is 6.36 Å². The minimum absolute atomic E-state index is 0.218. The molecule has 1 N–H and O–H groups in total. The molecule has 5 nitrogen and oxygen atoms in total. The highest BCUT2D eigenvalue weighted by molar-refractivity contribution is 5.83. The zero-order chi connectivity index (χ0) is 17.3. The number of alkyl halides is 3. The number of hydrogen-bond donors (Lipinski definition) is 1. The normalized spacial score (nSPS) is 19.8. The SMILES string of the molecule is Cc1ocnc1CNC(=O)[C@H]1C[C@H]1c1ccccc1OC(F)(F)F. The maximum absolute atomic E-state index is 12.5. The van der Waals surface area contributed by atoms with E-state index in [0.29, 0.717) is 23.4 Å². The first-order valence-electron chi connectivity index (χ1n) is 7.36. The van der Waals surface area contributed by atoms with Crippen LogP contribution in [0.5, 0.6) is 5.75 Å². The molecule has 1 fully saturated rings. The largest absolute Gasteiger partial charge is 0.573 e. The van der Waals surface area contributed by atoms with Gasteiger partial charge in [0.2, 0.25) is 5.91 Å². The van der Waals surface area contributed by atoms with E-state index in [4.69, 9.17) is 4.42 Å². The second kappa shape index (κ2) is 6.18. The van der Waals surface area contributed by atoms with Gasteiger partial charge in [-0.25, -0.2) is 4.98 Å². The second-order valence-electron chi connectivity index (χ2n) is 5.61. The summed E-state index contributed by atoms with van der Waals surface area (Å²) in [5.41, 5.74) is 1.02. The molecule has 1 aromatic carbocycles. The number of aromatic nitrogens is 1. The van der Waals surface area contributed by atoms with Crippen LogP contribution in [0.1, 0.15) is 29.4 Å². The molecule has 8 heteroatoms. The van der Waals surface area contributed by atoms with Crippen LogP contribution in [0, 0.1) is 12.8 Å². The van der Waals surface area contributed by atoms with Crippen molar-refractivity contribution in [3.05, 3.63) is 47.7 Å². The van der Waals surface area contributed by atoms with E-state index in [0.717, 1.165) is 0 Å². The number of rotatable bonds is 5. The van der Waals surface area contributed by atoms with Gasteiger partial charge in [0.1, 0.15) is 17.2 Å². The number of oxazole rings is 1. The van der Waals surface area contributed by atoms with Crippen LogP contribution < -0.4 is 10.1 Å². The summed E-state index contributed by atoms with van der Waals surface area (Å²) in [5, 5.41) is 2.73. The summed E-state index contributed by atoms with van der Waals surface area (Å²) in [6, 6.07) is 5.91. The number of carbonyl (C=O) groups is 1. The quantitative estimate of drug-likeness (QED) is 0.907. The zero-order valence-corrected chi connectivity index (χ0v) is 12.8. The van der Waals surface area contributed by atoms with Gasteiger partial charge < -0.3 is 14.5 Å². The highest BCUT2D eigenvalue weighted by Gasteiger charge is 2.46. The summed E-state index contributed by atoms with van der Waals surface area (Å²) >= 11 is 0. The summed E-state index contributed by atoms with van der Waals surface area (Å²) in [6.45, 7) is 1.96. The molecule has 1 amide bonds. The van der Waals surface area contributed by atoms with Gasteiger partial charge >= 0.3 is 6.36 Å². The van der Waals surface area contributed by atoms with Crippen molar-refractivity contribution in [2.45, 2.75) is 32.2 Å². The van der Waals surface area contributed by atoms with Crippen LogP contribution in [0.4, 0.5) is 13.2 Å². The molecule has 3 rings (SSSR count). The van der Waals surface area contributed by atoms with Gasteiger partial charge in [0.25, 0.3) is 0 Å². The van der Waals surface area contributed by atoms with E-state index >= 15 is 0 Å². The summed E-state index contributed by atoms with van der Waals surface area (Å²) in [5.74, 6) is -0.495. The minimum Gasteiger partial charge on any atom is -0.448 e. The Bertz CT molecular complexity index is 742. The van der Waals surface area contributed by atoms with Gasteiger partial charge in [-0.15, -0.1) is 13.2 Å². The van der Waals surface area contributed by atoms with Gasteiger partial charge in [0.05, 0.1) is 6.54 Å². The fourth-order valence-corrected chi connectivity index (χ4v) is 2.63. The predicted octanol–water partition coefficient (Wildman–Crippen LogP) is 3.30. The predicted molar refractivity (Wildman–Crippen MR) is 77.1 cm³/mol. The molecule has 0 bridgehead atoms. The Morgan fingerprint density at radius 2 is 2.17 bits per heavy atom. The topological polar surface area (TPSA) is 64.4 Å². The third-order valence-corrected chi connectivity index (χ3v) is 3.95. The number of nitrogens with zero attached hydrogens (tertiary/aromatic N) is 1. The summed E-state index contributed by atoms with van der Waals surface area (Å²) < 4.78 is 46.5. The van der Waals surface area contributed by atoms with Gasteiger partial charge in [-0.1, -0.05) is 18.2 Å². The van der Waals surface area contributed by atoms with Crippen LogP contribution in [-0.4, -0.2) is 17.3 Å². The average Bonchev–Trinajstić information content (AvgIpc) is 3.20. The molecule has 1 aliphatic rings. The van der Waals surface area contributed by atoms with Crippen LogP contribution in [0.15, 0.2) is 35.1 Å². The molecule has 1 heterocycles. The van der Waals surface area contributed by atoms with E-state index in [2.05, 4.69) is 15.0 Å². The Kier molecular flexibility index (Phi) is 4.21. The van der Waals surface area contributed by atoms with E-state index in [1.807, 2.05) is 0 Å². The average molecular weight is 340 g/mol. The third kappa shape index (κ3) is 3.69. The minimum atomic E-state index is -4.76.